The fourth-order valence-corrected chi connectivity index (χ4v) is 3.96. The lowest BCUT2D eigenvalue weighted by Gasteiger charge is -2.04. The van der Waals surface area contributed by atoms with Crippen molar-refractivity contribution < 1.29 is 43.7 Å². The third-order valence-corrected chi connectivity index (χ3v) is 6.55. The first-order valence-corrected chi connectivity index (χ1v) is 15.9. The third-order valence-electron chi connectivity index (χ3n) is 6.55. The van der Waals surface area contributed by atoms with E-state index in [2.05, 4.69) is 44.6 Å². The van der Waals surface area contributed by atoms with Crippen molar-refractivity contribution in [2.75, 3.05) is 7.11 Å². The number of terminal acetylenes is 1. The Labute approximate surface area is 310 Å². The highest BCUT2D eigenvalue weighted by Crippen LogP contribution is 2.21. The molecule has 0 aliphatic rings. The van der Waals surface area contributed by atoms with Gasteiger partial charge in [0, 0.05) is 30.5 Å². The minimum absolute atomic E-state index is 0.257. The molecule has 0 aliphatic heterocycles. The average Bonchev–Trinajstić information content (AvgIpc) is 3.20. The first-order valence-electron chi connectivity index (χ1n) is 15.9. The van der Waals surface area contributed by atoms with E-state index in [-0.39, 0.29) is 11.5 Å². The molecule has 0 saturated carbocycles. The van der Waals surface area contributed by atoms with Gasteiger partial charge in [-0.1, -0.05) is 66.1 Å². The van der Waals surface area contributed by atoms with Crippen molar-refractivity contribution in [1.82, 2.24) is 29.9 Å². The predicted octanol–water partition coefficient (Wildman–Crippen LogP) is 6.67. The number of aromatic nitrogens is 6. The van der Waals surface area contributed by atoms with Crippen molar-refractivity contribution in [3.8, 4) is 69.7 Å². The largest absolute Gasteiger partial charge is 0.497 e. The minimum atomic E-state index is -0.542. The molecule has 274 valence electrons. The Morgan fingerprint density at radius 2 is 0.815 bits per heavy atom. The molecule has 0 aliphatic carbocycles. The van der Waals surface area contributed by atoms with Crippen LogP contribution in [-0.2, 0) is 24.3 Å². The molecular weight excluding hydrogens is 696 g/mol. The Balaban J connectivity index is 0.000000181. The first-order chi connectivity index (χ1) is 26.1. The van der Waals surface area contributed by atoms with E-state index in [0.29, 0.717) is 23.2 Å². The molecule has 0 N–H and O–H groups in total. The van der Waals surface area contributed by atoms with Crippen molar-refractivity contribution >= 4 is 11.9 Å². The summed E-state index contributed by atoms with van der Waals surface area (Å²) in [6.07, 6.45) is 15.5. The molecule has 0 atom stereocenters. The molecule has 0 spiro atoms. The summed E-state index contributed by atoms with van der Waals surface area (Å²) in [7, 11) is 1.60. The molecule has 54 heavy (non-hydrogen) atoms. The maximum atomic E-state index is 10.6. The van der Waals surface area contributed by atoms with E-state index in [1.54, 1.807) is 7.11 Å². The van der Waals surface area contributed by atoms with Crippen molar-refractivity contribution in [1.29, 1.82) is 0 Å². The van der Waals surface area contributed by atoms with E-state index in [4.69, 9.17) is 25.8 Å². The van der Waals surface area contributed by atoms with Crippen LogP contribution in [0.1, 0.15) is 25.0 Å². The van der Waals surface area contributed by atoms with Crippen molar-refractivity contribution in [2.45, 2.75) is 27.7 Å². The molecule has 15 heteroatoms. The number of hydrogen-bond acceptors (Lipinski definition) is 15. The number of carbonyl (C=O) groups is 2. The van der Waals surface area contributed by atoms with Gasteiger partial charge in [0.1, 0.15) is 5.75 Å². The van der Waals surface area contributed by atoms with Gasteiger partial charge in [0.05, 0.1) is 44.3 Å². The number of benzene rings is 3. The highest BCUT2D eigenvalue weighted by atomic mass is 17.2. The van der Waals surface area contributed by atoms with E-state index in [1.165, 1.54) is 62.2 Å². The van der Waals surface area contributed by atoms with E-state index in [0.717, 1.165) is 22.4 Å². The number of ether oxygens (including phenoxy) is 1. The van der Waals surface area contributed by atoms with Crippen LogP contribution < -0.4 is 19.4 Å². The summed E-state index contributed by atoms with van der Waals surface area (Å²) in [5.41, 5.74) is 5.07. The van der Waals surface area contributed by atoms with E-state index in [1.807, 2.05) is 92.8 Å². The zero-order valence-corrected chi connectivity index (χ0v) is 29.8. The minimum Gasteiger partial charge on any atom is -0.497 e. The molecule has 6 aromatic rings. The van der Waals surface area contributed by atoms with Crippen LogP contribution in [0.2, 0.25) is 0 Å². The van der Waals surface area contributed by atoms with Gasteiger partial charge in [-0.3, -0.25) is 24.4 Å². The SMILES string of the molecule is C#COOc1cnc(-c2ccc(C)cc2)nc1.CC(=O)OOc1cnc(-c2ccc(C)cc2)nc1.COc1ccc(-c2ncc(OOC(C)=O)cn2)cc1. The summed E-state index contributed by atoms with van der Waals surface area (Å²) in [5.74, 6) is 2.34. The number of carbonyl (C=O) groups excluding carboxylic acids is 2. The quantitative estimate of drug-likeness (QED) is 0.0829. The van der Waals surface area contributed by atoms with Gasteiger partial charge in [-0.05, 0) is 38.1 Å². The van der Waals surface area contributed by atoms with Crippen LogP contribution in [0.15, 0.2) is 110 Å². The lowest BCUT2D eigenvalue weighted by Crippen LogP contribution is -2.03. The summed E-state index contributed by atoms with van der Waals surface area (Å²) in [6.45, 7) is 6.54. The molecule has 0 bridgehead atoms. The number of rotatable bonds is 10. The second-order valence-electron chi connectivity index (χ2n) is 10.8. The van der Waals surface area contributed by atoms with Crippen LogP contribution in [-0.4, -0.2) is 49.0 Å². The Kier molecular flexibility index (Phi) is 14.7. The summed E-state index contributed by atoms with van der Waals surface area (Å²) in [5, 5.41) is 0. The Morgan fingerprint density at radius 1 is 0.500 bits per heavy atom. The molecule has 0 fully saturated rings. The predicted molar refractivity (Wildman–Crippen MR) is 194 cm³/mol. The van der Waals surface area contributed by atoms with Gasteiger partial charge in [0.2, 0.25) is 17.2 Å². The van der Waals surface area contributed by atoms with Crippen molar-refractivity contribution in [3.05, 3.63) is 121 Å². The van der Waals surface area contributed by atoms with Crippen LogP contribution in [0.4, 0.5) is 0 Å². The van der Waals surface area contributed by atoms with Gasteiger partial charge in [0.25, 0.3) is 0 Å². The van der Waals surface area contributed by atoms with E-state index < -0.39 is 11.9 Å². The molecular formula is C39H34N6O9. The lowest BCUT2D eigenvalue weighted by molar-refractivity contribution is -0.211. The molecule has 3 aromatic heterocycles. The molecule has 3 aromatic carbocycles. The van der Waals surface area contributed by atoms with Crippen LogP contribution in [0.3, 0.4) is 0 Å². The zero-order chi connectivity index (χ0) is 38.7. The fraction of sp³-hybridized carbons (Fsp3) is 0.128. The number of nitrogens with zero attached hydrogens (tertiary/aromatic N) is 6. The van der Waals surface area contributed by atoms with Gasteiger partial charge < -0.3 is 4.74 Å². The Bertz CT molecular complexity index is 2110. The molecule has 0 unspecified atom stereocenters. The maximum Gasteiger partial charge on any atom is 0.352 e. The fourth-order valence-electron chi connectivity index (χ4n) is 3.96. The highest BCUT2D eigenvalue weighted by Gasteiger charge is 2.06. The van der Waals surface area contributed by atoms with Crippen molar-refractivity contribution in [3.63, 3.8) is 0 Å². The highest BCUT2D eigenvalue weighted by molar-refractivity contribution is 5.65. The number of hydrogen-bond donors (Lipinski definition) is 0. The normalized spacial score (nSPS) is 9.70. The van der Waals surface area contributed by atoms with Crippen LogP contribution in [0, 0.1) is 26.4 Å². The topological polar surface area (TPSA) is 176 Å². The number of aryl methyl sites for hydroxylation is 2. The van der Waals surface area contributed by atoms with Crippen LogP contribution >= 0.6 is 0 Å². The van der Waals surface area contributed by atoms with Crippen LogP contribution in [0.25, 0.3) is 34.2 Å². The molecule has 0 radical (unpaired) electrons. The standard InChI is InChI=1S/C13H12N2O4.C13H12N2O3.C13H10N2O2/c1-9(16)18-19-12-7-14-13(15-8-12)10-3-5-11(17-2)6-4-10;1-9-3-5-11(6-4-9)13-14-7-12(8-15-13)18-17-10(2)16;1-3-16-17-12-8-14-13(15-9-12)11-6-4-10(2)5-7-11/h3-8H,1-2H3;3-8H,1-2H3;1,4-9H,2H3. The maximum absolute atomic E-state index is 10.6. The van der Waals surface area contributed by atoms with Gasteiger partial charge in [-0.15, -0.1) is 0 Å². The summed E-state index contributed by atoms with van der Waals surface area (Å²) in [6, 6.07) is 23.1. The zero-order valence-electron chi connectivity index (χ0n) is 29.8. The Hall–Kier alpha value is -7.60. The molecule has 0 amide bonds. The lowest BCUT2D eigenvalue weighted by atomic mass is 10.1. The average molecular weight is 731 g/mol. The van der Waals surface area contributed by atoms with Crippen molar-refractivity contribution in [2.24, 2.45) is 0 Å². The van der Waals surface area contributed by atoms with Gasteiger partial charge in [-0.25, -0.2) is 44.4 Å². The molecule has 0 saturated heterocycles. The second kappa shape index (κ2) is 20.3. The summed E-state index contributed by atoms with van der Waals surface area (Å²) in [4.78, 5) is 73.1. The smallest absolute Gasteiger partial charge is 0.352 e. The van der Waals surface area contributed by atoms with E-state index in [9.17, 15) is 9.59 Å². The van der Waals surface area contributed by atoms with Gasteiger partial charge >= 0.3 is 11.9 Å². The second-order valence-corrected chi connectivity index (χ2v) is 10.8. The summed E-state index contributed by atoms with van der Waals surface area (Å²) < 4.78 is 5.07. The molecule has 15 nitrogen and oxygen atoms in total. The number of methoxy groups -OCH3 is 1. The third kappa shape index (κ3) is 12.9. The van der Waals surface area contributed by atoms with Crippen LogP contribution in [0.5, 0.6) is 23.0 Å². The van der Waals surface area contributed by atoms with Gasteiger partial charge in [-0.2, -0.15) is 0 Å². The first kappa shape index (κ1) is 39.2. The molecule has 3 heterocycles. The molecule has 6 rings (SSSR count). The van der Waals surface area contributed by atoms with Gasteiger partial charge in [0.15, 0.2) is 23.6 Å². The Morgan fingerprint density at radius 3 is 1.11 bits per heavy atom. The monoisotopic (exact) mass is 730 g/mol. The summed E-state index contributed by atoms with van der Waals surface area (Å²) >= 11 is 0. The van der Waals surface area contributed by atoms with E-state index >= 15 is 0 Å².